The van der Waals surface area contributed by atoms with Crippen molar-refractivity contribution < 1.29 is 14.6 Å². The van der Waals surface area contributed by atoms with E-state index in [1.807, 2.05) is 42.5 Å². The van der Waals surface area contributed by atoms with Crippen LogP contribution in [-0.4, -0.2) is 62.6 Å². The molecular formula is C20H26Cl2N2O3. The molecule has 1 aliphatic rings. The van der Waals surface area contributed by atoms with Gasteiger partial charge in [0.2, 0.25) is 0 Å². The summed E-state index contributed by atoms with van der Waals surface area (Å²) in [5.41, 5.74) is 1.15. The molecule has 2 aromatic rings. The van der Waals surface area contributed by atoms with Crippen LogP contribution in [0.5, 0.6) is 11.5 Å². The first-order valence-electron chi connectivity index (χ1n) is 8.82. The zero-order chi connectivity index (χ0) is 18.4. The lowest BCUT2D eigenvalue weighted by atomic mass is 10.2. The van der Waals surface area contributed by atoms with Crippen molar-refractivity contribution in [3.8, 4) is 11.5 Å². The van der Waals surface area contributed by atoms with Gasteiger partial charge in [0.15, 0.2) is 0 Å². The van der Waals surface area contributed by atoms with Crippen LogP contribution in [0.15, 0.2) is 48.5 Å². The Balaban J connectivity index is 0.00000261. The second-order valence-corrected chi connectivity index (χ2v) is 6.84. The molecule has 5 nitrogen and oxygen atoms in total. The first-order valence-corrected chi connectivity index (χ1v) is 9.19. The van der Waals surface area contributed by atoms with Crippen LogP contribution in [-0.2, 0) is 0 Å². The molecule has 0 aliphatic carbocycles. The van der Waals surface area contributed by atoms with Crippen LogP contribution in [0.25, 0.3) is 0 Å². The summed E-state index contributed by atoms with van der Waals surface area (Å²) in [5, 5.41) is 11.0. The van der Waals surface area contributed by atoms with E-state index in [4.69, 9.17) is 21.1 Å². The molecule has 1 saturated heterocycles. The summed E-state index contributed by atoms with van der Waals surface area (Å²) in [7, 11) is 1.63. The maximum Gasteiger partial charge on any atom is 0.119 e. The largest absolute Gasteiger partial charge is 0.497 e. The van der Waals surface area contributed by atoms with Gasteiger partial charge in [-0.05, 0) is 42.5 Å². The summed E-state index contributed by atoms with van der Waals surface area (Å²) in [6.45, 7) is 4.55. The first kappa shape index (κ1) is 21.6. The maximum absolute atomic E-state index is 10.3. The quantitative estimate of drug-likeness (QED) is 0.755. The Labute approximate surface area is 171 Å². The number of hydrogen-bond donors (Lipinski definition) is 1. The van der Waals surface area contributed by atoms with Crippen molar-refractivity contribution >= 4 is 29.7 Å². The molecule has 1 N–H and O–H groups in total. The summed E-state index contributed by atoms with van der Waals surface area (Å²) in [6, 6.07) is 15.3. The van der Waals surface area contributed by atoms with Gasteiger partial charge in [-0.3, -0.25) is 4.90 Å². The fraction of sp³-hybridized carbons (Fsp3) is 0.400. The van der Waals surface area contributed by atoms with Crippen LogP contribution in [0.3, 0.4) is 0 Å². The smallest absolute Gasteiger partial charge is 0.119 e. The number of anilines is 1. The lowest BCUT2D eigenvalue weighted by Gasteiger charge is -2.36. The summed E-state index contributed by atoms with van der Waals surface area (Å²) in [4.78, 5) is 4.59. The molecule has 0 bridgehead atoms. The molecule has 27 heavy (non-hydrogen) atoms. The Bertz CT molecular complexity index is 692. The minimum Gasteiger partial charge on any atom is -0.497 e. The third-order valence-corrected chi connectivity index (χ3v) is 4.75. The molecule has 0 aromatic heterocycles. The summed E-state index contributed by atoms with van der Waals surface area (Å²) >= 11 is 6.07. The number of methoxy groups -OCH3 is 1. The van der Waals surface area contributed by atoms with Crippen LogP contribution < -0.4 is 14.4 Å². The van der Waals surface area contributed by atoms with Gasteiger partial charge < -0.3 is 19.5 Å². The average Bonchev–Trinajstić information content (AvgIpc) is 2.67. The van der Waals surface area contributed by atoms with Gasteiger partial charge in [0.1, 0.15) is 24.2 Å². The highest BCUT2D eigenvalue weighted by Crippen LogP contribution is 2.21. The highest BCUT2D eigenvalue weighted by Gasteiger charge is 2.20. The molecule has 148 valence electrons. The average molecular weight is 413 g/mol. The van der Waals surface area contributed by atoms with E-state index < -0.39 is 6.10 Å². The number of benzene rings is 2. The van der Waals surface area contributed by atoms with Crippen molar-refractivity contribution in [2.75, 3.05) is 51.3 Å². The van der Waals surface area contributed by atoms with Gasteiger partial charge in [0, 0.05) is 43.4 Å². The number of halogens is 2. The fourth-order valence-electron chi connectivity index (χ4n) is 3.08. The molecule has 0 amide bonds. The molecule has 1 aliphatic heterocycles. The molecule has 0 radical (unpaired) electrons. The van der Waals surface area contributed by atoms with E-state index in [2.05, 4.69) is 15.9 Å². The fourth-order valence-corrected chi connectivity index (χ4v) is 3.26. The molecule has 1 heterocycles. The van der Waals surface area contributed by atoms with Gasteiger partial charge in [-0.15, -0.1) is 12.4 Å². The molecule has 7 heteroatoms. The van der Waals surface area contributed by atoms with Crippen molar-refractivity contribution in [2.45, 2.75) is 6.10 Å². The highest BCUT2D eigenvalue weighted by atomic mass is 35.5. The third-order valence-electron chi connectivity index (χ3n) is 4.52. The monoisotopic (exact) mass is 412 g/mol. The third kappa shape index (κ3) is 6.47. The van der Waals surface area contributed by atoms with E-state index in [0.717, 1.165) is 48.4 Å². The second-order valence-electron chi connectivity index (χ2n) is 6.41. The Morgan fingerprint density at radius 3 is 2.33 bits per heavy atom. The molecule has 0 spiro atoms. The SMILES string of the molecule is COc1ccc(OCC(O)CN2CCN(c3cccc(Cl)c3)CC2)cc1.Cl. The molecule has 1 atom stereocenters. The minimum absolute atomic E-state index is 0. The van der Waals surface area contributed by atoms with Crippen LogP contribution in [0, 0.1) is 0 Å². The number of ether oxygens (including phenoxy) is 2. The zero-order valence-electron chi connectivity index (χ0n) is 15.4. The van der Waals surface area contributed by atoms with E-state index in [0.29, 0.717) is 6.54 Å². The number of aliphatic hydroxyl groups excluding tert-OH is 1. The highest BCUT2D eigenvalue weighted by molar-refractivity contribution is 6.30. The van der Waals surface area contributed by atoms with E-state index in [9.17, 15) is 5.11 Å². The molecule has 3 rings (SSSR count). The molecule has 1 fully saturated rings. The normalized spacial score (nSPS) is 15.7. The minimum atomic E-state index is -0.519. The van der Waals surface area contributed by atoms with Crippen LogP contribution in [0.1, 0.15) is 0 Å². The number of hydrogen-bond acceptors (Lipinski definition) is 5. The lowest BCUT2D eigenvalue weighted by molar-refractivity contribution is 0.0663. The lowest BCUT2D eigenvalue weighted by Crippen LogP contribution is -2.49. The van der Waals surface area contributed by atoms with Crippen LogP contribution >= 0.6 is 24.0 Å². The number of rotatable bonds is 7. The topological polar surface area (TPSA) is 45.2 Å². The van der Waals surface area contributed by atoms with Gasteiger partial charge in [-0.1, -0.05) is 17.7 Å². The number of nitrogens with zero attached hydrogens (tertiary/aromatic N) is 2. The van der Waals surface area contributed by atoms with E-state index in [1.54, 1.807) is 7.11 Å². The molecule has 2 aromatic carbocycles. The van der Waals surface area contributed by atoms with Gasteiger partial charge in [0.05, 0.1) is 7.11 Å². The summed E-state index contributed by atoms with van der Waals surface area (Å²) < 4.78 is 10.8. The molecule has 0 saturated carbocycles. The predicted molar refractivity (Wildman–Crippen MR) is 112 cm³/mol. The first-order chi connectivity index (χ1) is 12.6. The Morgan fingerprint density at radius 2 is 1.70 bits per heavy atom. The summed E-state index contributed by atoms with van der Waals surface area (Å²) in [5.74, 6) is 1.52. The van der Waals surface area contributed by atoms with Crippen molar-refractivity contribution in [3.63, 3.8) is 0 Å². The predicted octanol–water partition coefficient (Wildman–Crippen LogP) is 3.33. The summed E-state index contributed by atoms with van der Waals surface area (Å²) in [6.07, 6.45) is -0.519. The number of aliphatic hydroxyl groups is 1. The Morgan fingerprint density at radius 1 is 1.04 bits per heavy atom. The van der Waals surface area contributed by atoms with Gasteiger partial charge in [0.25, 0.3) is 0 Å². The van der Waals surface area contributed by atoms with Crippen molar-refractivity contribution in [2.24, 2.45) is 0 Å². The van der Waals surface area contributed by atoms with Crippen LogP contribution in [0.2, 0.25) is 5.02 Å². The van der Waals surface area contributed by atoms with Crippen molar-refractivity contribution in [1.82, 2.24) is 4.90 Å². The van der Waals surface area contributed by atoms with Gasteiger partial charge in [-0.2, -0.15) is 0 Å². The molecule has 1 unspecified atom stereocenters. The Kier molecular flexibility index (Phi) is 8.51. The number of piperazine rings is 1. The molecular weight excluding hydrogens is 387 g/mol. The van der Waals surface area contributed by atoms with E-state index >= 15 is 0 Å². The van der Waals surface area contributed by atoms with Crippen LogP contribution in [0.4, 0.5) is 5.69 Å². The van der Waals surface area contributed by atoms with Crippen molar-refractivity contribution in [1.29, 1.82) is 0 Å². The Hall–Kier alpha value is -1.66. The standard InChI is InChI=1S/C20H25ClN2O3.ClH/c1-25-19-5-7-20(8-6-19)26-15-18(24)14-22-9-11-23(12-10-22)17-4-2-3-16(21)13-17;/h2-8,13,18,24H,9-12,14-15H2,1H3;1H. The second kappa shape index (κ2) is 10.6. The van der Waals surface area contributed by atoms with E-state index in [1.165, 1.54) is 0 Å². The van der Waals surface area contributed by atoms with E-state index in [-0.39, 0.29) is 19.0 Å². The van der Waals surface area contributed by atoms with Gasteiger partial charge >= 0.3 is 0 Å². The zero-order valence-corrected chi connectivity index (χ0v) is 17.0. The van der Waals surface area contributed by atoms with Gasteiger partial charge in [-0.25, -0.2) is 0 Å². The maximum atomic E-state index is 10.3. The number of β-amino-alcohol motifs (C(OH)–C–C–N with tert-alkyl or cyclic N) is 1. The van der Waals surface area contributed by atoms with Crippen molar-refractivity contribution in [3.05, 3.63) is 53.6 Å².